The molecule has 1 atom stereocenters. The molecule has 1 heterocycles. The van der Waals surface area contributed by atoms with Gasteiger partial charge in [-0.25, -0.2) is 9.90 Å². The molecule has 0 aromatic carbocycles. The lowest BCUT2D eigenvalue weighted by atomic mass is 10.2. The molecular formula is C5H5O4. The monoisotopic (exact) mass is 129 g/mol. The Bertz CT molecular complexity index is 151. The number of hydrogen-bond acceptors (Lipinski definition) is 3. The van der Waals surface area contributed by atoms with Crippen molar-refractivity contribution in [3.8, 4) is 0 Å². The van der Waals surface area contributed by atoms with Gasteiger partial charge in [-0.05, 0) is 0 Å². The van der Waals surface area contributed by atoms with E-state index in [1.54, 1.807) is 0 Å². The number of ether oxygens (including phenoxy) is 1. The highest BCUT2D eigenvalue weighted by molar-refractivity contribution is 5.81. The predicted molar refractivity (Wildman–Crippen MR) is 24.8 cm³/mol. The first kappa shape index (κ1) is 6.07. The zero-order valence-corrected chi connectivity index (χ0v) is 4.62. The van der Waals surface area contributed by atoms with E-state index in [1.807, 2.05) is 0 Å². The first-order valence-corrected chi connectivity index (χ1v) is 2.60. The molecule has 1 radical (unpaired) electrons. The van der Waals surface area contributed by atoms with Crippen LogP contribution in [0.3, 0.4) is 0 Å². The standard InChI is InChI=1S/C5H5O4/c6-4-2-1-3(9-4)5(7)8/h3H,1-2H2. The molecular weight excluding hydrogens is 124 g/mol. The third-order valence-corrected chi connectivity index (χ3v) is 1.15. The van der Waals surface area contributed by atoms with Crippen LogP contribution in [0.25, 0.3) is 0 Å². The van der Waals surface area contributed by atoms with Gasteiger partial charge in [0.15, 0.2) is 0 Å². The molecule has 9 heavy (non-hydrogen) atoms. The van der Waals surface area contributed by atoms with Gasteiger partial charge in [0, 0.05) is 12.8 Å². The van der Waals surface area contributed by atoms with Gasteiger partial charge in [0.25, 0.3) is 0 Å². The summed E-state index contributed by atoms with van der Waals surface area (Å²) in [6, 6.07) is 0. The fraction of sp³-hybridized carbons (Fsp3) is 0.600. The molecule has 0 N–H and O–H groups in total. The fourth-order valence-electron chi connectivity index (χ4n) is 0.691. The number of carbonyl (C=O) groups excluding carboxylic acids is 2. The van der Waals surface area contributed by atoms with E-state index in [0.29, 0.717) is 0 Å². The zero-order valence-electron chi connectivity index (χ0n) is 4.62. The second-order valence-electron chi connectivity index (χ2n) is 1.84. The van der Waals surface area contributed by atoms with E-state index in [-0.39, 0.29) is 12.8 Å². The molecule has 4 nitrogen and oxygen atoms in total. The molecule has 0 saturated carbocycles. The highest BCUT2D eigenvalue weighted by Crippen LogP contribution is 2.13. The summed E-state index contributed by atoms with van der Waals surface area (Å²) in [6.45, 7) is 0. The van der Waals surface area contributed by atoms with Crippen LogP contribution in [0.5, 0.6) is 0 Å². The second-order valence-corrected chi connectivity index (χ2v) is 1.84. The van der Waals surface area contributed by atoms with Crippen LogP contribution >= 0.6 is 0 Å². The molecule has 1 unspecified atom stereocenters. The van der Waals surface area contributed by atoms with Crippen molar-refractivity contribution < 1.29 is 19.4 Å². The number of hydrogen-bond donors (Lipinski definition) is 0. The van der Waals surface area contributed by atoms with Gasteiger partial charge in [0.1, 0.15) is 0 Å². The first-order valence-electron chi connectivity index (χ1n) is 2.60. The van der Waals surface area contributed by atoms with Crippen molar-refractivity contribution >= 4 is 11.9 Å². The molecule has 49 valence electrons. The van der Waals surface area contributed by atoms with E-state index < -0.39 is 18.0 Å². The van der Waals surface area contributed by atoms with Gasteiger partial charge in [-0.1, -0.05) is 0 Å². The Balaban J connectivity index is 2.48. The van der Waals surface area contributed by atoms with Crippen LogP contribution in [-0.2, 0) is 19.4 Å². The average Bonchev–Trinajstić information content (AvgIpc) is 2.14. The molecule has 0 bridgehead atoms. The van der Waals surface area contributed by atoms with Crippen molar-refractivity contribution in [2.24, 2.45) is 0 Å². The minimum atomic E-state index is -1.30. The summed E-state index contributed by atoms with van der Waals surface area (Å²) in [6.07, 6.45) is -0.558. The Morgan fingerprint density at radius 1 is 1.67 bits per heavy atom. The molecule has 1 aliphatic heterocycles. The third-order valence-electron chi connectivity index (χ3n) is 1.15. The van der Waals surface area contributed by atoms with Crippen molar-refractivity contribution in [1.29, 1.82) is 0 Å². The molecule has 0 aromatic heterocycles. The topological polar surface area (TPSA) is 63.3 Å². The van der Waals surface area contributed by atoms with Crippen molar-refractivity contribution in [2.75, 3.05) is 0 Å². The highest BCUT2D eigenvalue weighted by Gasteiger charge is 2.30. The maximum atomic E-state index is 10.2. The maximum absolute atomic E-state index is 10.2. The van der Waals surface area contributed by atoms with E-state index in [0.717, 1.165) is 0 Å². The van der Waals surface area contributed by atoms with Crippen molar-refractivity contribution in [1.82, 2.24) is 0 Å². The normalized spacial score (nSPS) is 25.8. The largest absolute Gasteiger partial charge is 0.450 e. The summed E-state index contributed by atoms with van der Waals surface area (Å²) in [5, 5.41) is 9.96. The number of cyclic esters (lactones) is 1. The molecule has 0 aromatic rings. The molecule has 1 rings (SSSR count). The van der Waals surface area contributed by atoms with Gasteiger partial charge in [-0.15, -0.1) is 0 Å². The SMILES string of the molecule is [O]C(=O)C1CCC(=O)O1. The molecule has 1 aliphatic rings. The molecule has 0 aliphatic carbocycles. The average molecular weight is 129 g/mol. The van der Waals surface area contributed by atoms with E-state index in [9.17, 15) is 14.7 Å². The second kappa shape index (κ2) is 2.05. The van der Waals surface area contributed by atoms with Gasteiger partial charge in [-0.3, -0.25) is 4.79 Å². The minimum Gasteiger partial charge on any atom is -0.450 e. The molecule has 4 heteroatoms. The smallest absolute Gasteiger partial charge is 0.395 e. The van der Waals surface area contributed by atoms with Crippen LogP contribution in [0, 0.1) is 0 Å². The van der Waals surface area contributed by atoms with Crippen LogP contribution < -0.4 is 0 Å². The van der Waals surface area contributed by atoms with Crippen LogP contribution in [0.2, 0.25) is 0 Å². The summed E-state index contributed by atoms with van der Waals surface area (Å²) >= 11 is 0. The fourth-order valence-corrected chi connectivity index (χ4v) is 0.691. The Morgan fingerprint density at radius 2 is 2.33 bits per heavy atom. The van der Waals surface area contributed by atoms with Crippen molar-refractivity contribution in [3.63, 3.8) is 0 Å². The van der Waals surface area contributed by atoms with Crippen LogP contribution in [-0.4, -0.2) is 18.0 Å². The Kier molecular flexibility index (Phi) is 1.38. The van der Waals surface area contributed by atoms with E-state index >= 15 is 0 Å². The first-order chi connectivity index (χ1) is 4.20. The molecule has 0 amide bonds. The van der Waals surface area contributed by atoms with Crippen molar-refractivity contribution in [3.05, 3.63) is 0 Å². The van der Waals surface area contributed by atoms with Gasteiger partial charge >= 0.3 is 11.9 Å². The summed E-state index contributed by atoms with van der Waals surface area (Å²) in [5.41, 5.74) is 0. The van der Waals surface area contributed by atoms with Crippen LogP contribution in [0.4, 0.5) is 0 Å². The Labute approximate surface area is 51.4 Å². The van der Waals surface area contributed by atoms with Gasteiger partial charge in [0.2, 0.25) is 6.10 Å². The van der Waals surface area contributed by atoms with Gasteiger partial charge in [0.05, 0.1) is 0 Å². The van der Waals surface area contributed by atoms with Crippen LogP contribution in [0.1, 0.15) is 12.8 Å². The number of rotatable bonds is 1. The lowest BCUT2D eigenvalue weighted by molar-refractivity contribution is -0.161. The maximum Gasteiger partial charge on any atom is 0.395 e. The quantitative estimate of drug-likeness (QED) is 0.454. The minimum absolute atomic E-state index is 0.193. The van der Waals surface area contributed by atoms with E-state index in [1.165, 1.54) is 0 Å². The predicted octanol–water partition coefficient (Wildman–Crippen LogP) is -0.351. The molecule has 1 saturated heterocycles. The lowest BCUT2D eigenvalue weighted by Gasteiger charge is -1.96. The summed E-state index contributed by atoms with van der Waals surface area (Å²) in [5.74, 6) is -1.76. The summed E-state index contributed by atoms with van der Waals surface area (Å²) in [7, 11) is 0. The van der Waals surface area contributed by atoms with Gasteiger partial charge < -0.3 is 4.74 Å². The van der Waals surface area contributed by atoms with E-state index in [2.05, 4.69) is 4.74 Å². The lowest BCUT2D eigenvalue weighted by Crippen LogP contribution is -2.17. The zero-order chi connectivity index (χ0) is 6.85. The summed E-state index contributed by atoms with van der Waals surface area (Å²) < 4.78 is 4.32. The third kappa shape index (κ3) is 1.19. The molecule has 0 spiro atoms. The number of esters is 1. The van der Waals surface area contributed by atoms with E-state index in [4.69, 9.17) is 0 Å². The van der Waals surface area contributed by atoms with Crippen molar-refractivity contribution in [2.45, 2.75) is 18.9 Å². The summed E-state index contributed by atoms with van der Waals surface area (Å²) in [4.78, 5) is 20.2. The van der Waals surface area contributed by atoms with Crippen LogP contribution in [0.15, 0.2) is 0 Å². The van der Waals surface area contributed by atoms with Gasteiger partial charge in [-0.2, -0.15) is 0 Å². The number of carbonyl (C=O) groups is 2. The molecule has 1 fully saturated rings. The Hall–Kier alpha value is -1.06. The Morgan fingerprint density at radius 3 is 2.56 bits per heavy atom. The highest BCUT2D eigenvalue weighted by atomic mass is 16.6.